The molecule has 0 amide bonds. The van der Waals surface area contributed by atoms with E-state index in [1.54, 1.807) is 0 Å². The zero-order chi connectivity index (χ0) is 18.6. The molecule has 0 saturated carbocycles. The minimum Gasteiger partial charge on any atom is -0.438 e. The Bertz CT molecular complexity index is 889. The number of rotatable bonds is 3. The van der Waals surface area contributed by atoms with E-state index >= 15 is 0 Å². The molecule has 1 aromatic heterocycles. The molecular weight excluding hydrogens is 338 g/mol. The van der Waals surface area contributed by atoms with Crippen LogP contribution in [0, 0.1) is 6.92 Å². The van der Waals surface area contributed by atoms with E-state index in [2.05, 4.69) is 28.4 Å². The van der Waals surface area contributed by atoms with Gasteiger partial charge in [0.2, 0.25) is 5.88 Å². The quantitative estimate of drug-likeness (QED) is 0.288. The fourth-order valence-corrected chi connectivity index (χ4v) is 3.85. The van der Waals surface area contributed by atoms with Crippen molar-refractivity contribution in [3.63, 3.8) is 0 Å². The smallest absolute Gasteiger partial charge is 0.230 e. The molecule has 1 aromatic carbocycles. The molecule has 5 heteroatoms. The average molecular weight is 363 g/mol. The molecule has 1 N–H and O–H groups in total. The molecular formula is C22H25N3O2. The van der Waals surface area contributed by atoms with Crippen molar-refractivity contribution < 1.29 is 9.94 Å². The molecule has 0 spiro atoms. The van der Waals surface area contributed by atoms with Crippen molar-refractivity contribution in [2.45, 2.75) is 39.0 Å². The third-order valence-corrected chi connectivity index (χ3v) is 5.25. The molecule has 1 aliphatic carbocycles. The van der Waals surface area contributed by atoms with Crippen LogP contribution >= 0.6 is 0 Å². The fraction of sp³-hybridized carbons (Fsp3) is 0.364. The molecule has 0 atom stereocenters. The molecule has 5 nitrogen and oxygen atoms in total. The van der Waals surface area contributed by atoms with Gasteiger partial charge in [-0.1, -0.05) is 29.4 Å². The molecule has 2 aliphatic rings. The van der Waals surface area contributed by atoms with Crippen LogP contribution in [0.3, 0.4) is 0 Å². The van der Waals surface area contributed by atoms with E-state index in [4.69, 9.17) is 4.74 Å². The van der Waals surface area contributed by atoms with Gasteiger partial charge in [0, 0.05) is 18.8 Å². The molecule has 2 aromatic rings. The van der Waals surface area contributed by atoms with Crippen molar-refractivity contribution in [1.29, 1.82) is 0 Å². The maximum atomic E-state index is 9.72. The topological polar surface area (TPSA) is 58.0 Å². The first-order chi connectivity index (χ1) is 13.3. The Morgan fingerprint density at radius 2 is 2.04 bits per heavy atom. The first-order valence-corrected chi connectivity index (χ1v) is 9.65. The summed E-state index contributed by atoms with van der Waals surface area (Å²) in [7, 11) is 0. The summed E-state index contributed by atoms with van der Waals surface area (Å²) in [4.78, 5) is 6.66. The van der Waals surface area contributed by atoms with Crippen molar-refractivity contribution in [3.8, 4) is 11.6 Å². The van der Waals surface area contributed by atoms with Gasteiger partial charge in [-0.05, 0) is 68.4 Å². The summed E-state index contributed by atoms with van der Waals surface area (Å²) in [5.74, 6) is 1.87. The Morgan fingerprint density at radius 3 is 2.85 bits per heavy atom. The first kappa shape index (κ1) is 17.6. The molecule has 0 fully saturated rings. The van der Waals surface area contributed by atoms with Gasteiger partial charge >= 0.3 is 0 Å². The molecule has 4 rings (SSSR count). The predicted molar refractivity (Wildman–Crippen MR) is 106 cm³/mol. The van der Waals surface area contributed by atoms with Crippen LogP contribution in [0.5, 0.6) is 11.6 Å². The largest absolute Gasteiger partial charge is 0.438 e. The lowest BCUT2D eigenvalue weighted by molar-refractivity contribution is 0.302. The van der Waals surface area contributed by atoms with Crippen LogP contribution in [-0.4, -0.2) is 34.0 Å². The van der Waals surface area contributed by atoms with Crippen LogP contribution < -0.4 is 4.74 Å². The standard InChI is InChI=1S/C22H25N3O2/c1-16-12-13-19(21(24-26)25-14-5-2-6-15-25)22(23-16)27-20-11-7-9-17-8-3-4-10-18(17)20/h2,5,7,9,11-13,26H,3-4,6,8,10,14-15H2,1H3/b24-21-. The van der Waals surface area contributed by atoms with E-state index in [1.807, 2.05) is 36.1 Å². The van der Waals surface area contributed by atoms with E-state index in [-0.39, 0.29) is 0 Å². The molecule has 140 valence electrons. The van der Waals surface area contributed by atoms with Crippen LogP contribution in [0.2, 0.25) is 0 Å². The van der Waals surface area contributed by atoms with E-state index in [1.165, 1.54) is 24.0 Å². The number of benzene rings is 1. The maximum Gasteiger partial charge on any atom is 0.230 e. The molecule has 0 unspecified atom stereocenters. The third-order valence-electron chi connectivity index (χ3n) is 5.25. The Kier molecular flexibility index (Phi) is 5.10. The maximum absolute atomic E-state index is 9.72. The lowest BCUT2D eigenvalue weighted by atomic mass is 9.91. The number of hydrogen-bond acceptors (Lipinski definition) is 4. The first-order valence-electron chi connectivity index (χ1n) is 9.65. The number of oxime groups is 1. The van der Waals surface area contributed by atoms with E-state index in [9.17, 15) is 5.21 Å². The molecule has 27 heavy (non-hydrogen) atoms. The highest BCUT2D eigenvalue weighted by atomic mass is 16.5. The summed E-state index contributed by atoms with van der Waals surface area (Å²) >= 11 is 0. The minimum absolute atomic E-state index is 0.497. The van der Waals surface area contributed by atoms with Gasteiger partial charge in [-0.25, -0.2) is 4.98 Å². The SMILES string of the molecule is Cc1ccc(/C(=N/O)N2CC=CCC2)c(Oc2cccc3c2CCCC3)n1. The summed E-state index contributed by atoms with van der Waals surface area (Å²) < 4.78 is 6.31. The van der Waals surface area contributed by atoms with Gasteiger partial charge in [-0.15, -0.1) is 0 Å². The van der Waals surface area contributed by atoms with Crippen molar-refractivity contribution in [2.75, 3.05) is 13.1 Å². The zero-order valence-corrected chi connectivity index (χ0v) is 15.7. The van der Waals surface area contributed by atoms with E-state index in [0.29, 0.717) is 23.8 Å². The summed E-state index contributed by atoms with van der Waals surface area (Å²) in [5.41, 5.74) is 4.23. The molecule has 0 saturated heterocycles. The summed E-state index contributed by atoms with van der Waals surface area (Å²) in [6.07, 6.45) is 9.71. The molecule has 0 radical (unpaired) electrons. The number of nitrogens with zero attached hydrogens (tertiary/aromatic N) is 3. The number of ether oxygens (including phenoxy) is 1. The predicted octanol–water partition coefficient (Wildman–Crippen LogP) is 4.46. The van der Waals surface area contributed by atoms with Gasteiger partial charge in [-0.3, -0.25) is 0 Å². The zero-order valence-electron chi connectivity index (χ0n) is 15.7. The second kappa shape index (κ2) is 7.82. The van der Waals surface area contributed by atoms with Gasteiger partial charge in [-0.2, -0.15) is 0 Å². The van der Waals surface area contributed by atoms with Crippen LogP contribution in [0.1, 0.15) is 41.6 Å². The number of pyridine rings is 1. The highest BCUT2D eigenvalue weighted by Crippen LogP contribution is 2.33. The van der Waals surface area contributed by atoms with Crippen molar-refractivity contribution in [3.05, 3.63) is 64.9 Å². The van der Waals surface area contributed by atoms with Gasteiger partial charge in [0.1, 0.15) is 5.75 Å². The van der Waals surface area contributed by atoms with Gasteiger partial charge in [0.25, 0.3) is 0 Å². The molecule has 1 aliphatic heterocycles. The Labute approximate surface area is 160 Å². The molecule has 0 bridgehead atoms. The normalized spacial score (nSPS) is 16.9. The summed E-state index contributed by atoms with van der Waals surface area (Å²) in [5, 5.41) is 13.3. The van der Waals surface area contributed by atoms with Crippen molar-refractivity contribution in [2.24, 2.45) is 5.16 Å². The third kappa shape index (κ3) is 3.68. The number of hydrogen-bond donors (Lipinski definition) is 1. The van der Waals surface area contributed by atoms with E-state index < -0.39 is 0 Å². The van der Waals surface area contributed by atoms with Crippen LogP contribution in [0.4, 0.5) is 0 Å². The lowest BCUT2D eigenvalue weighted by Crippen LogP contribution is -2.34. The number of amidine groups is 1. The highest BCUT2D eigenvalue weighted by Gasteiger charge is 2.22. The van der Waals surface area contributed by atoms with Crippen molar-refractivity contribution in [1.82, 2.24) is 9.88 Å². The summed E-state index contributed by atoms with van der Waals surface area (Å²) in [6, 6.07) is 10.1. The Hall–Kier alpha value is -2.82. The number of fused-ring (bicyclic) bond motifs is 1. The average Bonchev–Trinajstić information content (AvgIpc) is 2.71. The second-order valence-electron chi connectivity index (χ2n) is 7.14. The monoisotopic (exact) mass is 363 g/mol. The Balaban J connectivity index is 1.71. The van der Waals surface area contributed by atoms with Crippen LogP contribution in [-0.2, 0) is 12.8 Å². The lowest BCUT2D eigenvalue weighted by Gasteiger charge is -2.27. The number of aryl methyl sites for hydroxylation is 2. The second-order valence-corrected chi connectivity index (χ2v) is 7.14. The fourth-order valence-electron chi connectivity index (χ4n) is 3.85. The minimum atomic E-state index is 0.497. The van der Waals surface area contributed by atoms with Crippen molar-refractivity contribution >= 4 is 5.84 Å². The van der Waals surface area contributed by atoms with Crippen LogP contribution in [0.25, 0.3) is 0 Å². The Morgan fingerprint density at radius 1 is 1.15 bits per heavy atom. The van der Waals surface area contributed by atoms with Gasteiger partial charge in [0.15, 0.2) is 5.84 Å². The summed E-state index contributed by atoms with van der Waals surface area (Å²) in [6.45, 7) is 3.47. The van der Waals surface area contributed by atoms with Gasteiger partial charge in [0.05, 0.1) is 5.56 Å². The molecule has 2 heterocycles. The van der Waals surface area contributed by atoms with E-state index in [0.717, 1.165) is 37.3 Å². The van der Waals surface area contributed by atoms with Crippen LogP contribution in [0.15, 0.2) is 47.6 Å². The van der Waals surface area contributed by atoms with Gasteiger partial charge < -0.3 is 14.8 Å². The number of aromatic nitrogens is 1. The highest BCUT2D eigenvalue weighted by molar-refractivity contribution is 6.00.